The predicted octanol–water partition coefficient (Wildman–Crippen LogP) is 2.71. The first kappa shape index (κ1) is 11.2. The summed E-state index contributed by atoms with van der Waals surface area (Å²) in [6.07, 6.45) is 9.93. The second kappa shape index (κ2) is 5.68. The van der Waals surface area contributed by atoms with Gasteiger partial charge in [0.1, 0.15) is 5.82 Å². The number of hydrogen-bond acceptors (Lipinski definition) is 2. The fourth-order valence-corrected chi connectivity index (χ4v) is 2.36. The van der Waals surface area contributed by atoms with Crippen LogP contribution >= 0.6 is 0 Å². The number of rotatable bonds is 3. The molecular formula is C12H19N3O. The van der Waals surface area contributed by atoms with Crippen LogP contribution < -0.4 is 5.32 Å². The van der Waals surface area contributed by atoms with E-state index in [9.17, 15) is 4.79 Å². The molecule has 88 valence electrons. The van der Waals surface area contributed by atoms with Crippen LogP contribution in [-0.2, 0) is 4.79 Å². The SMILES string of the molecule is O=C(CC1CCCCCC1)Nc1ccn[nH]1. The Hall–Kier alpha value is -1.32. The Bertz CT molecular complexity index is 313. The molecule has 2 N–H and O–H groups in total. The lowest BCUT2D eigenvalue weighted by Crippen LogP contribution is -2.16. The molecule has 0 saturated heterocycles. The predicted molar refractivity (Wildman–Crippen MR) is 63.0 cm³/mol. The Morgan fingerprint density at radius 2 is 2.12 bits per heavy atom. The third kappa shape index (κ3) is 3.36. The van der Waals surface area contributed by atoms with Gasteiger partial charge in [-0.15, -0.1) is 0 Å². The highest BCUT2D eigenvalue weighted by Crippen LogP contribution is 2.25. The minimum absolute atomic E-state index is 0.108. The van der Waals surface area contributed by atoms with E-state index in [-0.39, 0.29) is 5.91 Å². The van der Waals surface area contributed by atoms with E-state index in [0.717, 1.165) is 0 Å². The van der Waals surface area contributed by atoms with Crippen molar-refractivity contribution < 1.29 is 4.79 Å². The number of nitrogens with one attached hydrogen (secondary N) is 2. The molecule has 16 heavy (non-hydrogen) atoms. The van der Waals surface area contributed by atoms with E-state index in [2.05, 4.69) is 15.5 Å². The molecule has 0 aliphatic heterocycles. The van der Waals surface area contributed by atoms with E-state index in [1.807, 2.05) is 0 Å². The van der Waals surface area contributed by atoms with E-state index in [1.54, 1.807) is 12.3 Å². The molecule has 1 aliphatic carbocycles. The third-order valence-electron chi connectivity index (χ3n) is 3.22. The van der Waals surface area contributed by atoms with Gasteiger partial charge in [0, 0.05) is 12.5 Å². The van der Waals surface area contributed by atoms with Crippen molar-refractivity contribution in [1.82, 2.24) is 10.2 Å². The molecule has 4 nitrogen and oxygen atoms in total. The Morgan fingerprint density at radius 3 is 2.75 bits per heavy atom. The summed E-state index contributed by atoms with van der Waals surface area (Å²) in [6, 6.07) is 1.77. The van der Waals surface area contributed by atoms with E-state index in [4.69, 9.17) is 0 Å². The molecule has 0 spiro atoms. The number of aromatic nitrogens is 2. The molecule has 1 aliphatic rings. The van der Waals surface area contributed by atoms with Crippen molar-refractivity contribution in [1.29, 1.82) is 0 Å². The van der Waals surface area contributed by atoms with Crippen LogP contribution in [0.25, 0.3) is 0 Å². The van der Waals surface area contributed by atoms with Gasteiger partial charge in [0.2, 0.25) is 5.91 Å². The highest BCUT2D eigenvalue weighted by molar-refractivity contribution is 5.89. The first-order chi connectivity index (χ1) is 7.84. The third-order valence-corrected chi connectivity index (χ3v) is 3.22. The smallest absolute Gasteiger partial charge is 0.225 e. The van der Waals surface area contributed by atoms with Crippen molar-refractivity contribution in [2.24, 2.45) is 5.92 Å². The van der Waals surface area contributed by atoms with Gasteiger partial charge < -0.3 is 5.32 Å². The Labute approximate surface area is 95.8 Å². The van der Waals surface area contributed by atoms with Crippen molar-refractivity contribution in [2.45, 2.75) is 44.9 Å². The first-order valence-electron chi connectivity index (χ1n) is 6.14. The van der Waals surface area contributed by atoms with E-state index < -0.39 is 0 Å². The molecule has 1 fully saturated rings. The van der Waals surface area contributed by atoms with Crippen molar-refractivity contribution >= 4 is 11.7 Å². The maximum atomic E-state index is 11.7. The average molecular weight is 221 g/mol. The molecule has 1 aromatic heterocycles. The zero-order valence-electron chi connectivity index (χ0n) is 9.54. The summed E-state index contributed by atoms with van der Waals surface area (Å²) in [6.45, 7) is 0. The monoisotopic (exact) mass is 221 g/mol. The van der Waals surface area contributed by atoms with E-state index in [1.165, 1.54) is 38.5 Å². The molecule has 0 unspecified atom stereocenters. The summed E-state index contributed by atoms with van der Waals surface area (Å²) >= 11 is 0. The number of amides is 1. The van der Waals surface area contributed by atoms with Crippen LogP contribution in [0.2, 0.25) is 0 Å². The molecule has 0 radical (unpaired) electrons. The number of carbonyl (C=O) groups is 1. The highest BCUT2D eigenvalue weighted by atomic mass is 16.1. The first-order valence-corrected chi connectivity index (χ1v) is 6.14. The maximum absolute atomic E-state index is 11.7. The fraction of sp³-hybridized carbons (Fsp3) is 0.667. The van der Waals surface area contributed by atoms with Gasteiger partial charge >= 0.3 is 0 Å². The number of carbonyl (C=O) groups excluding carboxylic acids is 1. The van der Waals surface area contributed by atoms with Crippen molar-refractivity contribution in [3.05, 3.63) is 12.3 Å². The topological polar surface area (TPSA) is 57.8 Å². The summed E-state index contributed by atoms with van der Waals surface area (Å²) in [5.41, 5.74) is 0. The van der Waals surface area contributed by atoms with Gasteiger partial charge in [-0.3, -0.25) is 9.89 Å². The fourth-order valence-electron chi connectivity index (χ4n) is 2.36. The van der Waals surface area contributed by atoms with Crippen LogP contribution in [0, 0.1) is 5.92 Å². The summed E-state index contributed by atoms with van der Waals surface area (Å²) in [7, 11) is 0. The van der Waals surface area contributed by atoms with E-state index >= 15 is 0 Å². The molecule has 0 aromatic carbocycles. The number of hydrogen-bond donors (Lipinski definition) is 2. The lowest BCUT2D eigenvalue weighted by molar-refractivity contribution is -0.117. The second-order valence-corrected chi connectivity index (χ2v) is 4.58. The lowest BCUT2D eigenvalue weighted by Gasteiger charge is -2.12. The minimum atomic E-state index is 0.108. The number of H-pyrrole nitrogens is 1. The molecular weight excluding hydrogens is 202 g/mol. The summed E-state index contributed by atoms with van der Waals surface area (Å²) in [5, 5.41) is 9.37. The number of nitrogens with zero attached hydrogens (tertiary/aromatic N) is 1. The van der Waals surface area contributed by atoms with Crippen LogP contribution in [0.3, 0.4) is 0 Å². The summed E-state index contributed by atoms with van der Waals surface area (Å²) in [4.78, 5) is 11.7. The van der Waals surface area contributed by atoms with Crippen LogP contribution in [0.15, 0.2) is 12.3 Å². The van der Waals surface area contributed by atoms with Gasteiger partial charge in [-0.1, -0.05) is 25.7 Å². The van der Waals surface area contributed by atoms with Gasteiger partial charge in [-0.05, 0) is 18.8 Å². The lowest BCUT2D eigenvalue weighted by atomic mass is 9.96. The Balaban J connectivity index is 1.77. The van der Waals surface area contributed by atoms with E-state index in [0.29, 0.717) is 18.2 Å². The van der Waals surface area contributed by atoms with Crippen molar-refractivity contribution in [3.8, 4) is 0 Å². The van der Waals surface area contributed by atoms with Gasteiger partial charge in [-0.25, -0.2) is 0 Å². The average Bonchev–Trinajstić information content (AvgIpc) is 2.62. The highest BCUT2D eigenvalue weighted by Gasteiger charge is 2.16. The van der Waals surface area contributed by atoms with Gasteiger partial charge in [-0.2, -0.15) is 5.10 Å². The molecule has 1 amide bonds. The van der Waals surface area contributed by atoms with Crippen LogP contribution in [0.4, 0.5) is 5.82 Å². The van der Waals surface area contributed by atoms with Gasteiger partial charge in [0.25, 0.3) is 0 Å². The Morgan fingerprint density at radius 1 is 1.38 bits per heavy atom. The van der Waals surface area contributed by atoms with Crippen LogP contribution in [0.1, 0.15) is 44.9 Å². The molecule has 1 aromatic rings. The molecule has 1 heterocycles. The molecule has 0 atom stereocenters. The largest absolute Gasteiger partial charge is 0.311 e. The van der Waals surface area contributed by atoms with Crippen molar-refractivity contribution in [3.63, 3.8) is 0 Å². The Kier molecular flexibility index (Phi) is 3.97. The molecule has 4 heteroatoms. The zero-order chi connectivity index (χ0) is 11.2. The molecule has 2 rings (SSSR count). The normalized spacial score (nSPS) is 18.0. The zero-order valence-corrected chi connectivity index (χ0v) is 9.54. The minimum Gasteiger partial charge on any atom is -0.311 e. The summed E-state index contributed by atoms with van der Waals surface area (Å²) < 4.78 is 0. The van der Waals surface area contributed by atoms with Crippen LogP contribution in [0.5, 0.6) is 0 Å². The summed E-state index contributed by atoms with van der Waals surface area (Å²) in [5.74, 6) is 1.38. The standard InChI is InChI=1S/C12H19N3O/c16-12(14-11-7-8-13-15-11)9-10-5-3-1-2-4-6-10/h7-8,10H,1-6,9H2,(H2,13,14,15,16). The van der Waals surface area contributed by atoms with Gasteiger partial charge in [0.05, 0.1) is 6.20 Å². The van der Waals surface area contributed by atoms with Gasteiger partial charge in [0.15, 0.2) is 0 Å². The number of anilines is 1. The van der Waals surface area contributed by atoms with Crippen molar-refractivity contribution in [2.75, 3.05) is 5.32 Å². The van der Waals surface area contributed by atoms with Crippen LogP contribution in [-0.4, -0.2) is 16.1 Å². The number of aromatic amines is 1. The quantitative estimate of drug-likeness (QED) is 0.771. The molecule has 0 bridgehead atoms. The molecule has 1 saturated carbocycles. The second-order valence-electron chi connectivity index (χ2n) is 4.58. The maximum Gasteiger partial charge on any atom is 0.225 e.